The first kappa shape index (κ1) is 32.4. The van der Waals surface area contributed by atoms with Crippen LogP contribution >= 0.6 is 22.9 Å². The first-order valence-corrected chi connectivity index (χ1v) is 16.7. The fraction of sp³-hybridized carbons (Fsp3) is 0.424. The predicted octanol–water partition coefficient (Wildman–Crippen LogP) is 5.97. The molecule has 3 aliphatic rings. The number of anilines is 1. The van der Waals surface area contributed by atoms with E-state index >= 15 is 0 Å². The number of rotatable bonds is 9. The minimum atomic E-state index is -0.936. The summed E-state index contributed by atoms with van der Waals surface area (Å²) in [5.41, 5.74) is 6.67. The van der Waals surface area contributed by atoms with Crippen LogP contribution in [-0.4, -0.2) is 94.5 Å². The molecule has 3 saturated heterocycles. The molecule has 1 aromatic carbocycles. The summed E-state index contributed by atoms with van der Waals surface area (Å²) in [6.07, 6.45) is 3.92. The van der Waals surface area contributed by atoms with Crippen LogP contribution < -0.4 is 15.2 Å². The summed E-state index contributed by atoms with van der Waals surface area (Å²) in [4.78, 5) is 33.9. The van der Waals surface area contributed by atoms with Gasteiger partial charge in [-0.05, 0) is 31.5 Å². The highest BCUT2D eigenvalue weighted by Crippen LogP contribution is 2.48. The molecule has 3 fully saturated rings. The molecule has 1 amide bonds. The Morgan fingerprint density at radius 2 is 2.19 bits per heavy atom. The topological polar surface area (TPSA) is 120 Å². The van der Waals surface area contributed by atoms with Gasteiger partial charge in [0.1, 0.15) is 30.2 Å². The van der Waals surface area contributed by atoms with E-state index in [0.717, 1.165) is 30.7 Å². The number of halogens is 3. The number of carbonyl (C=O) groups is 1. The second kappa shape index (κ2) is 12.7. The van der Waals surface area contributed by atoms with Crippen LogP contribution in [0.4, 0.5) is 19.5 Å². The molecule has 4 atom stereocenters. The minimum absolute atomic E-state index is 0.0220. The lowest BCUT2D eigenvalue weighted by Gasteiger charge is -2.31. The zero-order valence-corrected chi connectivity index (χ0v) is 27.6. The molecular formula is C33H32ClF2N7O4S. The van der Waals surface area contributed by atoms with E-state index in [1.807, 2.05) is 0 Å². The SMILES string of the molecule is [C-]#[N+]c1c(N)sc2c(F)ccc(-c3ncc4c(O[C@@H]5CCN(C(=O)C=C)[C@@H]5COC)nc(OC[C@@]56CCCN5C[C@H](F)C6)nc4c3Cl)c12. The van der Waals surface area contributed by atoms with E-state index in [2.05, 4.69) is 31.3 Å². The van der Waals surface area contributed by atoms with E-state index in [0.29, 0.717) is 42.3 Å². The van der Waals surface area contributed by atoms with Crippen LogP contribution in [-0.2, 0) is 9.53 Å². The molecule has 0 unspecified atom stereocenters. The van der Waals surface area contributed by atoms with Crippen LogP contribution in [0.1, 0.15) is 25.7 Å². The minimum Gasteiger partial charge on any atom is -0.471 e. The highest BCUT2D eigenvalue weighted by atomic mass is 35.5. The predicted molar refractivity (Wildman–Crippen MR) is 179 cm³/mol. The summed E-state index contributed by atoms with van der Waals surface area (Å²) >= 11 is 8.05. The van der Waals surface area contributed by atoms with Crippen LogP contribution in [0.5, 0.6) is 11.9 Å². The number of likely N-dealkylation sites (tertiary alicyclic amines) is 1. The molecule has 3 aromatic heterocycles. The molecule has 6 heterocycles. The Kier molecular flexibility index (Phi) is 8.57. The number of aromatic nitrogens is 3. The molecule has 7 rings (SSSR count). The Balaban J connectivity index is 1.33. The second-order valence-electron chi connectivity index (χ2n) is 12.3. The molecule has 4 aromatic rings. The normalized spacial score (nSPS) is 23.9. The van der Waals surface area contributed by atoms with Crippen molar-refractivity contribution in [2.24, 2.45) is 0 Å². The Morgan fingerprint density at radius 1 is 1.35 bits per heavy atom. The molecule has 0 spiro atoms. The van der Waals surface area contributed by atoms with Crippen LogP contribution in [0.15, 0.2) is 31.0 Å². The van der Waals surface area contributed by atoms with Crippen molar-refractivity contribution in [2.75, 3.05) is 45.7 Å². The average molecular weight is 696 g/mol. The number of nitrogens with two attached hydrogens (primary N) is 1. The van der Waals surface area contributed by atoms with Gasteiger partial charge in [0.15, 0.2) is 0 Å². The number of amides is 1. The van der Waals surface area contributed by atoms with E-state index < -0.39 is 29.7 Å². The van der Waals surface area contributed by atoms with Crippen molar-refractivity contribution >= 4 is 60.5 Å². The molecule has 0 aliphatic carbocycles. The number of benzene rings is 1. The zero-order valence-electron chi connectivity index (χ0n) is 26.0. The first-order chi connectivity index (χ1) is 23.2. The summed E-state index contributed by atoms with van der Waals surface area (Å²) in [6.45, 7) is 13.3. The number of alkyl halides is 1. The second-order valence-corrected chi connectivity index (χ2v) is 13.7. The number of pyridine rings is 1. The lowest BCUT2D eigenvalue weighted by molar-refractivity contribution is -0.128. The molecule has 48 heavy (non-hydrogen) atoms. The standard InChI is InChI=1S/C33H32ClF2N7O4S/c1-4-23(44)43-11-8-22(21(43)15-45-3)47-31-19-13-39-26(18-6-7-20(36)29-24(18)28(38-2)30(37)48-29)25(34)27(19)40-32(41-31)46-16-33-9-5-10-42(33)14-17(35)12-33/h4,6-7,13,17,21-22H,1,5,8-12,14-16,37H2,3H3/t17-,21-,22-,33+/m1/s1. The van der Waals surface area contributed by atoms with E-state index in [1.54, 1.807) is 12.0 Å². The third kappa shape index (κ3) is 5.38. The summed E-state index contributed by atoms with van der Waals surface area (Å²) in [5.74, 6) is -0.619. The third-order valence-corrected chi connectivity index (χ3v) is 10.9. The Labute approximate surface area is 284 Å². The maximum absolute atomic E-state index is 14.9. The van der Waals surface area contributed by atoms with Gasteiger partial charge in [-0.2, -0.15) is 9.97 Å². The van der Waals surface area contributed by atoms with Gasteiger partial charge in [0, 0.05) is 50.2 Å². The fourth-order valence-corrected chi connectivity index (χ4v) is 8.58. The molecule has 250 valence electrons. The van der Waals surface area contributed by atoms with Crippen molar-refractivity contribution in [3.8, 4) is 23.1 Å². The molecule has 0 radical (unpaired) electrons. The lowest BCUT2D eigenvalue weighted by atomic mass is 9.95. The molecule has 3 aliphatic heterocycles. The smallest absolute Gasteiger partial charge is 0.320 e. The summed E-state index contributed by atoms with van der Waals surface area (Å²) in [6, 6.07) is 2.35. The Morgan fingerprint density at radius 3 is 2.96 bits per heavy atom. The maximum Gasteiger partial charge on any atom is 0.320 e. The van der Waals surface area contributed by atoms with Crippen LogP contribution in [0.25, 0.3) is 37.1 Å². The van der Waals surface area contributed by atoms with Gasteiger partial charge < -0.3 is 24.8 Å². The van der Waals surface area contributed by atoms with Gasteiger partial charge in [-0.15, -0.1) is 11.3 Å². The van der Waals surface area contributed by atoms with Crippen LogP contribution in [0.3, 0.4) is 0 Å². The molecule has 2 N–H and O–H groups in total. The Bertz CT molecular complexity index is 1990. The van der Waals surface area contributed by atoms with E-state index in [-0.39, 0.29) is 62.6 Å². The number of nitrogens with zero attached hydrogens (tertiary/aromatic N) is 6. The van der Waals surface area contributed by atoms with Gasteiger partial charge in [0.05, 0.1) is 50.6 Å². The van der Waals surface area contributed by atoms with Gasteiger partial charge in [-0.1, -0.05) is 24.2 Å². The number of hydrogen-bond acceptors (Lipinski definition) is 10. The first-order valence-electron chi connectivity index (χ1n) is 15.5. The van der Waals surface area contributed by atoms with Crippen molar-refractivity contribution in [3.05, 3.63) is 53.2 Å². The average Bonchev–Trinajstić information content (AvgIpc) is 3.82. The van der Waals surface area contributed by atoms with Gasteiger partial charge in [-0.25, -0.2) is 13.6 Å². The highest BCUT2D eigenvalue weighted by Gasteiger charge is 2.49. The largest absolute Gasteiger partial charge is 0.471 e. The molecule has 11 nitrogen and oxygen atoms in total. The number of nitrogen functional groups attached to an aromatic ring is 1. The zero-order chi connectivity index (χ0) is 33.7. The molecule has 15 heteroatoms. The number of thiophene rings is 1. The van der Waals surface area contributed by atoms with Crippen LogP contribution in [0, 0.1) is 12.4 Å². The summed E-state index contributed by atoms with van der Waals surface area (Å²) in [5, 5.41) is 0.975. The van der Waals surface area contributed by atoms with Gasteiger partial charge >= 0.3 is 6.01 Å². The van der Waals surface area contributed by atoms with Crippen molar-refractivity contribution in [2.45, 2.75) is 49.5 Å². The monoisotopic (exact) mass is 695 g/mol. The molecule has 0 bridgehead atoms. The summed E-state index contributed by atoms with van der Waals surface area (Å²) < 4.78 is 47.8. The van der Waals surface area contributed by atoms with Crippen molar-refractivity contribution in [3.63, 3.8) is 0 Å². The lowest BCUT2D eigenvalue weighted by Crippen LogP contribution is -2.44. The molecule has 0 saturated carbocycles. The quantitative estimate of drug-likeness (QED) is 0.167. The van der Waals surface area contributed by atoms with Crippen molar-refractivity contribution < 1.29 is 27.8 Å². The van der Waals surface area contributed by atoms with Crippen molar-refractivity contribution in [1.29, 1.82) is 0 Å². The van der Waals surface area contributed by atoms with E-state index in [9.17, 15) is 13.6 Å². The number of methoxy groups -OCH3 is 1. The number of fused-ring (bicyclic) bond motifs is 3. The van der Waals surface area contributed by atoms with Crippen LogP contribution in [0.2, 0.25) is 5.02 Å². The molecular weight excluding hydrogens is 664 g/mol. The maximum atomic E-state index is 14.9. The van der Waals surface area contributed by atoms with Crippen molar-refractivity contribution in [1.82, 2.24) is 24.8 Å². The number of ether oxygens (including phenoxy) is 3. The van der Waals surface area contributed by atoms with E-state index in [4.69, 9.17) is 38.1 Å². The number of carbonyl (C=O) groups excluding carboxylic acids is 1. The van der Waals surface area contributed by atoms with E-state index in [1.165, 1.54) is 24.4 Å². The highest BCUT2D eigenvalue weighted by molar-refractivity contribution is 7.23. The van der Waals surface area contributed by atoms with Gasteiger partial charge in [0.25, 0.3) is 0 Å². The third-order valence-electron chi connectivity index (χ3n) is 9.56. The van der Waals surface area contributed by atoms with Gasteiger partial charge in [-0.3, -0.25) is 14.7 Å². The Hall–Kier alpha value is -4.16. The summed E-state index contributed by atoms with van der Waals surface area (Å²) in [7, 11) is 1.55. The van der Waals surface area contributed by atoms with Gasteiger partial charge in [0.2, 0.25) is 17.5 Å². The fourth-order valence-electron chi connectivity index (χ4n) is 7.35. The number of hydrogen-bond donors (Lipinski definition) is 1.